The van der Waals surface area contributed by atoms with Crippen molar-refractivity contribution in [3.63, 3.8) is 0 Å². The molecular formula is C16H18N4O5S. The van der Waals surface area contributed by atoms with Gasteiger partial charge in [0, 0.05) is 31.4 Å². The van der Waals surface area contributed by atoms with Gasteiger partial charge in [-0.25, -0.2) is 13.4 Å². The Balaban J connectivity index is 1.70. The molecule has 0 radical (unpaired) electrons. The third-order valence-corrected chi connectivity index (χ3v) is 6.06. The van der Waals surface area contributed by atoms with Gasteiger partial charge < -0.3 is 4.74 Å². The van der Waals surface area contributed by atoms with E-state index in [1.807, 2.05) is 0 Å². The summed E-state index contributed by atoms with van der Waals surface area (Å²) in [5.41, 5.74) is -0.415. The SMILES string of the molecule is Cc1nccc(OC2CCN(S(=O)(=O)c3ccccc3[N+](=O)[O-])CC2)n1. The van der Waals surface area contributed by atoms with Crippen LogP contribution >= 0.6 is 0 Å². The Morgan fingerprint density at radius 1 is 1.23 bits per heavy atom. The minimum absolute atomic E-state index is 0.165. The summed E-state index contributed by atoms with van der Waals surface area (Å²) in [6.45, 7) is 2.21. The molecule has 9 nitrogen and oxygen atoms in total. The van der Waals surface area contributed by atoms with Crippen molar-refractivity contribution in [1.29, 1.82) is 0 Å². The van der Waals surface area contributed by atoms with Crippen molar-refractivity contribution in [1.82, 2.24) is 14.3 Å². The minimum Gasteiger partial charge on any atom is -0.474 e. The summed E-state index contributed by atoms with van der Waals surface area (Å²) < 4.78 is 32.6. The summed E-state index contributed by atoms with van der Waals surface area (Å²) >= 11 is 0. The molecule has 2 heterocycles. The Morgan fingerprint density at radius 2 is 1.92 bits per heavy atom. The molecule has 1 saturated heterocycles. The van der Waals surface area contributed by atoms with Crippen molar-refractivity contribution in [3.8, 4) is 5.88 Å². The molecule has 0 bridgehead atoms. The molecule has 2 aromatic rings. The van der Waals surface area contributed by atoms with Crippen molar-refractivity contribution < 1.29 is 18.1 Å². The topological polar surface area (TPSA) is 116 Å². The standard InChI is InChI=1S/C16H18N4O5S/c1-12-17-9-6-16(18-12)25-13-7-10-19(11-8-13)26(23,24)15-5-3-2-4-14(15)20(21)22/h2-6,9,13H,7-8,10-11H2,1H3. The number of hydrogen-bond acceptors (Lipinski definition) is 7. The highest BCUT2D eigenvalue weighted by molar-refractivity contribution is 7.89. The van der Waals surface area contributed by atoms with E-state index in [0.29, 0.717) is 24.5 Å². The fourth-order valence-corrected chi connectivity index (χ4v) is 4.45. The van der Waals surface area contributed by atoms with E-state index in [-0.39, 0.29) is 24.1 Å². The Kier molecular flexibility index (Phi) is 5.14. The van der Waals surface area contributed by atoms with Gasteiger partial charge in [-0.05, 0) is 25.8 Å². The van der Waals surface area contributed by atoms with Crippen LogP contribution in [0, 0.1) is 17.0 Å². The van der Waals surface area contributed by atoms with Crippen molar-refractivity contribution in [2.45, 2.75) is 30.8 Å². The third-order valence-electron chi connectivity index (χ3n) is 4.12. The van der Waals surface area contributed by atoms with Crippen LogP contribution < -0.4 is 4.74 Å². The predicted molar refractivity (Wildman–Crippen MR) is 92.3 cm³/mol. The maximum absolute atomic E-state index is 12.8. The van der Waals surface area contributed by atoms with Gasteiger partial charge >= 0.3 is 0 Å². The van der Waals surface area contributed by atoms with Gasteiger partial charge in [0.05, 0.1) is 4.92 Å². The van der Waals surface area contributed by atoms with Crippen LogP contribution in [-0.2, 0) is 10.0 Å². The molecule has 0 aliphatic carbocycles. The number of nitro benzene ring substituents is 1. The average molecular weight is 378 g/mol. The van der Waals surface area contributed by atoms with Gasteiger partial charge in [0.15, 0.2) is 4.90 Å². The second-order valence-corrected chi connectivity index (χ2v) is 7.79. The number of piperidine rings is 1. The highest BCUT2D eigenvalue weighted by Crippen LogP contribution is 2.28. The summed E-state index contributed by atoms with van der Waals surface area (Å²) in [4.78, 5) is 18.3. The van der Waals surface area contributed by atoms with Crippen molar-refractivity contribution in [2.75, 3.05) is 13.1 Å². The summed E-state index contributed by atoms with van der Waals surface area (Å²) in [5.74, 6) is 1.05. The van der Waals surface area contributed by atoms with Crippen molar-refractivity contribution in [2.24, 2.45) is 0 Å². The fourth-order valence-electron chi connectivity index (χ4n) is 2.83. The van der Waals surface area contributed by atoms with Crippen LogP contribution in [0.5, 0.6) is 5.88 Å². The number of nitro groups is 1. The first-order valence-corrected chi connectivity index (χ1v) is 9.52. The lowest BCUT2D eigenvalue weighted by Crippen LogP contribution is -2.41. The Hall–Kier alpha value is -2.59. The zero-order valence-corrected chi connectivity index (χ0v) is 14.9. The highest BCUT2D eigenvalue weighted by Gasteiger charge is 2.34. The highest BCUT2D eigenvalue weighted by atomic mass is 32.2. The molecule has 1 aromatic carbocycles. The van der Waals surface area contributed by atoms with E-state index in [2.05, 4.69) is 9.97 Å². The van der Waals surface area contributed by atoms with E-state index in [1.165, 1.54) is 28.6 Å². The minimum atomic E-state index is -3.93. The molecule has 0 saturated carbocycles. The number of rotatable bonds is 5. The maximum Gasteiger partial charge on any atom is 0.289 e. The number of hydrogen-bond donors (Lipinski definition) is 0. The van der Waals surface area contributed by atoms with E-state index in [0.717, 1.165) is 0 Å². The number of ether oxygens (including phenoxy) is 1. The molecule has 1 aliphatic rings. The lowest BCUT2D eigenvalue weighted by molar-refractivity contribution is -0.387. The lowest BCUT2D eigenvalue weighted by Gasteiger charge is -2.31. The average Bonchev–Trinajstić information content (AvgIpc) is 2.62. The number of para-hydroxylation sites is 1. The van der Waals surface area contributed by atoms with Crippen LogP contribution in [0.2, 0.25) is 0 Å². The van der Waals surface area contributed by atoms with Crippen LogP contribution in [0.3, 0.4) is 0 Å². The molecule has 0 unspecified atom stereocenters. The Bertz CT molecular complexity index is 910. The molecule has 0 atom stereocenters. The first kappa shape index (κ1) is 18.2. The van der Waals surface area contributed by atoms with Gasteiger partial charge in [0.25, 0.3) is 5.69 Å². The smallest absolute Gasteiger partial charge is 0.289 e. The molecule has 1 aromatic heterocycles. The number of aryl methyl sites for hydroxylation is 1. The first-order chi connectivity index (χ1) is 12.4. The van der Waals surface area contributed by atoms with E-state index in [4.69, 9.17) is 4.74 Å². The molecule has 3 rings (SSSR count). The molecule has 0 amide bonds. The molecule has 1 aliphatic heterocycles. The Labute approximate surface area is 150 Å². The van der Waals surface area contributed by atoms with Crippen LogP contribution in [0.15, 0.2) is 41.4 Å². The molecule has 10 heteroatoms. The van der Waals surface area contributed by atoms with Gasteiger partial charge in [-0.2, -0.15) is 9.29 Å². The summed E-state index contributed by atoms with van der Waals surface area (Å²) in [6, 6.07) is 7.04. The Morgan fingerprint density at radius 3 is 2.58 bits per heavy atom. The monoisotopic (exact) mass is 378 g/mol. The largest absolute Gasteiger partial charge is 0.474 e. The normalized spacial score (nSPS) is 16.3. The van der Waals surface area contributed by atoms with E-state index in [1.54, 1.807) is 19.2 Å². The van der Waals surface area contributed by atoms with Gasteiger partial charge in [-0.3, -0.25) is 10.1 Å². The number of sulfonamides is 1. The molecule has 1 fully saturated rings. The fraction of sp³-hybridized carbons (Fsp3) is 0.375. The number of nitrogens with zero attached hydrogens (tertiary/aromatic N) is 4. The second kappa shape index (κ2) is 7.34. The van der Waals surface area contributed by atoms with Crippen LogP contribution in [0.4, 0.5) is 5.69 Å². The number of aromatic nitrogens is 2. The molecule has 138 valence electrons. The van der Waals surface area contributed by atoms with Crippen LogP contribution in [-0.4, -0.2) is 46.8 Å². The summed E-state index contributed by atoms with van der Waals surface area (Å²) in [6.07, 6.45) is 2.39. The zero-order chi connectivity index (χ0) is 18.7. The van der Waals surface area contributed by atoms with Gasteiger partial charge in [-0.15, -0.1) is 0 Å². The molecule has 26 heavy (non-hydrogen) atoms. The summed E-state index contributed by atoms with van der Waals surface area (Å²) in [7, 11) is -3.93. The molecule has 0 N–H and O–H groups in total. The van der Waals surface area contributed by atoms with Gasteiger partial charge in [0.2, 0.25) is 15.9 Å². The van der Waals surface area contributed by atoms with Crippen LogP contribution in [0.25, 0.3) is 0 Å². The first-order valence-electron chi connectivity index (χ1n) is 8.08. The second-order valence-electron chi connectivity index (χ2n) is 5.89. The van der Waals surface area contributed by atoms with E-state index in [9.17, 15) is 18.5 Å². The van der Waals surface area contributed by atoms with Crippen LogP contribution in [0.1, 0.15) is 18.7 Å². The third kappa shape index (κ3) is 3.81. The van der Waals surface area contributed by atoms with Crippen molar-refractivity contribution >= 4 is 15.7 Å². The maximum atomic E-state index is 12.8. The molecule has 0 spiro atoms. The lowest BCUT2D eigenvalue weighted by atomic mass is 10.1. The quantitative estimate of drug-likeness (QED) is 0.576. The van der Waals surface area contributed by atoms with Gasteiger partial charge in [-0.1, -0.05) is 12.1 Å². The molecular weight excluding hydrogens is 360 g/mol. The van der Waals surface area contributed by atoms with Gasteiger partial charge in [0.1, 0.15) is 11.9 Å². The van der Waals surface area contributed by atoms with E-state index >= 15 is 0 Å². The summed E-state index contributed by atoms with van der Waals surface area (Å²) in [5, 5.41) is 11.1. The van der Waals surface area contributed by atoms with E-state index < -0.39 is 20.6 Å². The predicted octanol–water partition coefficient (Wildman–Crippen LogP) is 1.93. The zero-order valence-electron chi connectivity index (χ0n) is 14.1. The number of benzene rings is 1. The van der Waals surface area contributed by atoms with Crippen molar-refractivity contribution in [3.05, 3.63) is 52.5 Å².